The fourth-order valence-corrected chi connectivity index (χ4v) is 3.64. The van der Waals surface area contributed by atoms with Gasteiger partial charge < -0.3 is 14.7 Å². The molecule has 22 heavy (non-hydrogen) atoms. The van der Waals surface area contributed by atoms with Crippen LogP contribution in [0.1, 0.15) is 24.8 Å². The third-order valence-corrected chi connectivity index (χ3v) is 4.82. The average Bonchev–Trinajstić information content (AvgIpc) is 2.85. The normalized spacial score (nSPS) is 27.3. The van der Waals surface area contributed by atoms with E-state index in [-0.39, 0.29) is 30.5 Å². The molecule has 3 fully saturated rings. The second kappa shape index (κ2) is 6.38. The lowest BCUT2D eigenvalue weighted by atomic mass is 9.76. The second-order valence-corrected chi connectivity index (χ2v) is 6.33. The molecule has 1 saturated carbocycles. The Labute approximate surface area is 129 Å². The number of ether oxygens (including phenoxy) is 1. The Hall–Kier alpha value is -2.04. The highest BCUT2D eigenvalue weighted by Gasteiger charge is 2.41. The van der Waals surface area contributed by atoms with Crippen molar-refractivity contribution >= 4 is 12.1 Å². The molecule has 1 aromatic carbocycles. The first-order valence-corrected chi connectivity index (χ1v) is 7.82. The summed E-state index contributed by atoms with van der Waals surface area (Å²) in [5, 5.41) is 9.33. The first-order chi connectivity index (χ1) is 10.6. The van der Waals surface area contributed by atoms with Crippen molar-refractivity contribution in [2.24, 2.45) is 17.8 Å². The van der Waals surface area contributed by atoms with Crippen LogP contribution < -0.4 is 0 Å². The minimum atomic E-state index is -0.728. The van der Waals surface area contributed by atoms with Gasteiger partial charge in [-0.3, -0.25) is 4.79 Å². The highest BCUT2D eigenvalue weighted by molar-refractivity contribution is 5.71. The molecule has 0 aromatic heterocycles. The largest absolute Gasteiger partial charge is 0.481 e. The van der Waals surface area contributed by atoms with Gasteiger partial charge in [0, 0.05) is 13.1 Å². The number of carbonyl (C=O) groups is 2. The predicted octanol–water partition coefficient (Wildman–Crippen LogP) is 2.76. The molecule has 0 spiro atoms. The van der Waals surface area contributed by atoms with Crippen LogP contribution in [0.25, 0.3) is 0 Å². The van der Waals surface area contributed by atoms with Gasteiger partial charge in [-0.05, 0) is 36.7 Å². The van der Waals surface area contributed by atoms with E-state index in [1.165, 1.54) is 0 Å². The summed E-state index contributed by atoms with van der Waals surface area (Å²) in [4.78, 5) is 25.3. The van der Waals surface area contributed by atoms with Gasteiger partial charge in [0.05, 0.1) is 5.92 Å². The Kier molecular flexibility index (Phi) is 4.32. The van der Waals surface area contributed by atoms with E-state index in [2.05, 4.69) is 0 Å². The van der Waals surface area contributed by atoms with Gasteiger partial charge in [-0.2, -0.15) is 0 Å². The minimum absolute atomic E-state index is 0.0560. The summed E-state index contributed by atoms with van der Waals surface area (Å²) < 4.78 is 5.38. The molecular formula is C17H21NO4. The predicted molar refractivity (Wildman–Crippen MR) is 80.2 cm³/mol. The van der Waals surface area contributed by atoms with Gasteiger partial charge in [0.25, 0.3) is 0 Å². The summed E-state index contributed by atoms with van der Waals surface area (Å²) in [5.74, 6) is -0.704. The minimum Gasteiger partial charge on any atom is -0.481 e. The fraction of sp³-hybridized carbons (Fsp3) is 0.529. The van der Waals surface area contributed by atoms with Crippen LogP contribution in [0, 0.1) is 17.8 Å². The van der Waals surface area contributed by atoms with E-state index < -0.39 is 5.97 Å². The number of benzene rings is 1. The van der Waals surface area contributed by atoms with Gasteiger partial charge in [0.15, 0.2) is 0 Å². The Morgan fingerprint density at radius 3 is 2.68 bits per heavy atom. The van der Waals surface area contributed by atoms with E-state index in [1.807, 2.05) is 30.3 Å². The molecule has 1 amide bonds. The molecule has 1 N–H and O–H groups in total. The van der Waals surface area contributed by atoms with Crippen LogP contribution in [-0.2, 0) is 16.1 Å². The maximum atomic E-state index is 12.3. The number of hydrogen-bond acceptors (Lipinski definition) is 3. The van der Waals surface area contributed by atoms with Crippen molar-refractivity contribution in [3.63, 3.8) is 0 Å². The maximum Gasteiger partial charge on any atom is 0.410 e. The van der Waals surface area contributed by atoms with Crippen LogP contribution in [0.5, 0.6) is 0 Å². The maximum absolute atomic E-state index is 12.3. The van der Waals surface area contributed by atoms with Gasteiger partial charge >= 0.3 is 12.1 Å². The molecule has 0 radical (unpaired) electrons. The standard InChI is InChI=1S/C17H21NO4/c19-16(20)15-8-13-6-7-14(15)10-18(9-13)17(21)22-11-12-4-2-1-3-5-12/h1-5,13-15H,6-11H2,(H,19,20). The summed E-state index contributed by atoms with van der Waals surface area (Å²) in [6, 6.07) is 9.57. The molecule has 4 rings (SSSR count). The van der Waals surface area contributed by atoms with Crippen molar-refractivity contribution in [1.82, 2.24) is 4.90 Å². The number of nitrogens with zero attached hydrogens (tertiary/aromatic N) is 1. The molecule has 118 valence electrons. The zero-order valence-corrected chi connectivity index (χ0v) is 12.5. The molecule has 3 unspecified atom stereocenters. The number of rotatable bonds is 3. The molecule has 2 bridgehead atoms. The second-order valence-electron chi connectivity index (χ2n) is 6.33. The third kappa shape index (κ3) is 3.24. The van der Waals surface area contributed by atoms with Crippen molar-refractivity contribution in [3.05, 3.63) is 35.9 Å². The summed E-state index contributed by atoms with van der Waals surface area (Å²) in [6.45, 7) is 1.38. The lowest BCUT2D eigenvalue weighted by Gasteiger charge is -2.28. The van der Waals surface area contributed by atoms with Crippen molar-refractivity contribution in [1.29, 1.82) is 0 Å². The smallest absolute Gasteiger partial charge is 0.410 e. The number of aliphatic carboxylic acids is 1. The fourth-order valence-electron chi connectivity index (χ4n) is 3.64. The first-order valence-electron chi connectivity index (χ1n) is 7.82. The molecule has 2 aliphatic heterocycles. The van der Waals surface area contributed by atoms with Crippen LogP contribution in [0.15, 0.2) is 30.3 Å². The molecule has 3 aliphatic rings. The Balaban J connectivity index is 1.60. The Morgan fingerprint density at radius 2 is 1.95 bits per heavy atom. The zero-order chi connectivity index (χ0) is 15.5. The zero-order valence-electron chi connectivity index (χ0n) is 12.5. The summed E-state index contributed by atoms with van der Waals surface area (Å²) in [5.41, 5.74) is 0.956. The van der Waals surface area contributed by atoms with Crippen molar-refractivity contribution in [3.8, 4) is 0 Å². The summed E-state index contributed by atoms with van der Waals surface area (Å²) in [7, 11) is 0. The molecule has 2 saturated heterocycles. The number of amides is 1. The average molecular weight is 303 g/mol. The highest BCUT2D eigenvalue weighted by atomic mass is 16.6. The quantitative estimate of drug-likeness (QED) is 0.932. The van der Waals surface area contributed by atoms with Crippen LogP contribution >= 0.6 is 0 Å². The highest BCUT2D eigenvalue weighted by Crippen LogP contribution is 2.38. The topological polar surface area (TPSA) is 66.8 Å². The van der Waals surface area contributed by atoms with E-state index in [1.54, 1.807) is 4.90 Å². The SMILES string of the molecule is O=C(O)C1CC2CCC1CN(C(=O)OCc1ccccc1)C2. The molecule has 5 nitrogen and oxygen atoms in total. The van der Waals surface area contributed by atoms with Crippen molar-refractivity contribution in [2.75, 3.05) is 13.1 Å². The number of fused-ring (bicyclic) bond motifs is 4. The van der Waals surface area contributed by atoms with Gasteiger partial charge in [-0.1, -0.05) is 30.3 Å². The summed E-state index contributed by atoms with van der Waals surface area (Å²) in [6.07, 6.45) is 2.26. The van der Waals surface area contributed by atoms with Gasteiger partial charge in [-0.15, -0.1) is 0 Å². The van der Waals surface area contributed by atoms with Crippen LogP contribution in [-0.4, -0.2) is 35.2 Å². The van der Waals surface area contributed by atoms with E-state index >= 15 is 0 Å². The summed E-state index contributed by atoms with van der Waals surface area (Å²) >= 11 is 0. The number of carboxylic acids is 1. The molecule has 3 atom stereocenters. The van der Waals surface area contributed by atoms with E-state index in [4.69, 9.17) is 4.74 Å². The first kappa shape index (κ1) is 14.9. The van der Waals surface area contributed by atoms with Crippen molar-refractivity contribution < 1.29 is 19.4 Å². The van der Waals surface area contributed by atoms with E-state index in [9.17, 15) is 14.7 Å². The number of carboxylic acid groups (broad SMARTS) is 1. The lowest BCUT2D eigenvalue weighted by molar-refractivity contribution is -0.145. The van der Waals surface area contributed by atoms with Crippen LogP contribution in [0.2, 0.25) is 0 Å². The third-order valence-electron chi connectivity index (χ3n) is 4.82. The van der Waals surface area contributed by atoms with Crippen molar-refractivity contribution in [2.45, 2.75) is 25.9 Å². The molecule has 1 aliphatic carbocycles. The number of hydrogen-bond donors (Lipinski definition) is 1. The van der Waals surface area contributed by atoms with Crippen LogP contribution in [0.3, 0.4) is 0 Å². The van der Waals surface area contributed by atoms with E-state index in [0.717, 1.165) is 18.4 Å². The van der Waals surface area contributed by atoms with Crippen LogP contribution in [0.4, 0.5) is 4.79 Å². The molecule has 1 aromatic rings. The molecule has 5 heteroatoms. The molecule has 2 heterocycles. The van der Waals surface area contributed by atoms with Gasteiger partial charge in [0.1, 0.15) is 6.61 Å². The Bertz CT molecular complexity index is 545. The van der Waals surface area contributed by atoms with E-state index in [0.29, 0.717) is 19.5 Å². The Morgan fingerprint density at radius 1 is 1.18 bits per heavy atom. The van der Waals surface area contributed by atoms with Gasteiger partial charge in [-0.25, -0.2) is 4.79 Å². The monoisotopic (exact) mass is 303 g/mol. The lowest BCUT2D eigenvalue weighted by Crippen LogP contribution is -2.36. The number of carbonyl (C=O) groups excluding carboxylic acids is 1. The van der Waals surface area contributed by atoms with Gasteiger partial charge in [0.2, 0.25) is 0 Å². The molecular weight excluding hydrogens is 282 g/mol.